The number of hydrogen-bond acceptors (Lipinski definition) is 2. The van der Waals surface area contributed by atoms with E-state index in [0.29, 0.717) is 6.04 Å². The van der Waals surface area contributed by atoms with Gasteiger partial charge in [-0.1, -0.05) is 31.0 Å². The molecule has 1 aliphatic heterocycles. The average Bonchev–Trinajstić information content (AvgIpc) is 2.92. The van der Waals surface area contributed by atoms with Gasteiger partial charge in [0.25, 0.3) is 0 Å². The van der Waals surface area contributed by atoms with Crippen molar-refractivity contribution in [2.24, 2.45) is 0 Å². The normalized spacial score (nSPS) is 22.4. The topological polar surface area (TPSA) is 33.3 Å². The maximum Gasteiger partial charge on any atom is 0.166 e. The van der Waals surface area contributed by atoms with Gasteiger partial charge in [0, 0.05) is 18.0 Å². The van der Waals surface area contributed by atoms with Crippen molar-refractivity contribution in [3.8, 4) is 5.75 Å². The molecule has 1 aromatic rings. The first-order valence-electron chi connectivity index (χ1n) is 7.12. The van der Waals surface area contributed by atoms with Crippen molar-refractivity contribution in [1.82, 2.24) is 10.6 Å². The minimum atomic E-state index is 0.270. The molecule has 0 aromatic heterocycles. The summed E-state index contributed by atoms with van der Waals surface area (Å²) in [6, 6.07) is 9.04. The smallest absolute Gasteiger partial charge is 0.166 e. The highest BCUT2D eigenvalue weighted by atomic mass is 32.1. The van der Waals surface area contributed by atoms with Crippen LogP contribution in [0.3, 0.4) is 0 Å². The second-order valence-electron chi connectivity index (χ2n) is 5.33. The second kappa shape index (κ2) is 5.78. The third kappa shape index (κ3) is 3.00. The molecular formula is C15H20N2OS. The van der Waals surface area contributed by atoms with Crippen LogP contribution in [0.5, 0.6) is 5.75 Å². The molecule has 0 saturated heterocycles. The molecule has 0 amide bonds. The van der Waals surface area contributed by atoms with E-state index in [2.05, 4.69) is 22.8 Å². The van der Waals surface area contributed by atoms with E-state index in [1.54, 1.807) is 0 Å². The van der Waals surface area contributed by atoms with Gasteiger partial charge < -0.3 is 15.4 Å². The summed E-state index contributed by atoms with van der Waals surface area (Å²) < 4.78 is 5.67. The van der Waals surface area contributed by atoms with Crippen molar-refractivity contribution >= 4 is 17.3 Å². The Labute approximate surface area is 119 Å². The first-order valence-corrected chi connectivity index (χ1v) is 7.52. The Morgan fingerprint density at radius 1 is 1.11 bits per heavy atom. The van der Waals surface area contributed by atoms with Gasteiger partial charge in [-0.25, -0.2) is 0 Å². The molecule has 2 aliphatic rings. The highest BCUT2D eigenvalue weighted by Crippen LogP contribution is 2.31. The number of para-hydroxylation sites is 1. The summed E-state index contributed by atoms with van der Waals surface area (Å²) in [6.45, 7) is 0.751. The van der Waals surface area contributed by atoms with Gasteiger partial charge in [-0.3, -0.25) is 0 Å². The van der Waals surface area contributed by atoms with Crippen LogP contribution in [0.15, 0.2) is 24.3 Å². The molecule has 1 aromatic carbocycles. The average molecular weight is 276 g/mol. The minimum absolute atomic E-state index is 0.270. The Hall–Kier alpha value is -1.29. The van der Waals surface area contributed by atoms with Crippen LogP contribution < -0.4 is 15.4 Å². The fourth-order valence-corrected chi connectivity index (χ4v) is 3.26. The molecule has 1 unspecified atom stereocenters. The molecule has 4 heteroatoms. The Morgan fingerprint density at radius 2 is 1.89 bits per heavy atom. The predicted octanol–water partition coefficient (Wildman–Crippen LogP) is 2.92. The summed E-state index contributed by atoms with van der Waals surface area (Å²) in [4.78, 5) is 0. The molecule has 3 nitrogen and oxygen atoms in total. The van der Waals surface area contributed by atoms with Gasteiger partial charge in [0.15, 0.2) is 5.11 Å². The van der Waals surface area contributed by atoms with Gasteiger partial charge in [-0.2, -0.15) is 0 Å². The summed E-state index contributed by atoms with van der Waals surface area (Å²) in [5.41, 5.74) is 1.21. The first kappa shape index (κ1) is 12.7. The number of thiocarbonyl (C=S) groups is 1. The van der Waals surface area contributed by atoms with Crippen LogP contribution in [0.2, 0.25) is 0 Å². The molecule has 0 radical (unpaired) electrons. The van der Waals surface area contributed by atoms with Crippen LogP contribution in [0.1, 0.15) is 43.7 Å². The molecule has 1 aliphatic carbocycles. The molecule has 1 saturated carbocycles. The maximum atomic E-state index is 5.67. The van der Waals surface area contributed by atoms with Crippen molar-refractivity contribution in [3.63, 3.8) is 0 Å². The van der Waals surface area contributed by atoms with E-state index in [-0.39, 0.29) is 6.04 Å². The van der Waals surface area contributed by atoms with E-state index >= 15 is 0 Å². The lowest BCUT2D eigenvalue weighted by atomic mass is 10.0. The monoisotopic (exact) mass is 276 g/mol. The third-order valence-corrected chi connectivity index (χ3v) is 4.19. The molecule has 1 atom stereocenters. The summed E-state index contributed by atoms with van der Waals surface area (Å²) in [7, 11) is 0. The van der Waals surface area contributed by atoms with Crippen LogP contribution in [-0.2, 0) is 0 Å². The van der Waals surface area contributed by atoms with Gasteiger partial charge in [-0.05, 0) is 31.1 Å². The molecule has 0 spiro atoms. The first-order chi connectivity index (χ1) is 9.33. The summed E-state index contributed by atoms with van der Waals surface area (Å²) in [5, 5.41) is 7.66. The molecule has 1 fully saturated rings. The lowest BCUT2D eigenvalue weighted by molar-refractivity contribution is 0.262. The third-order valence-electron chi connectivity index (χ3n) is 3.95. The Morgan fingerprint density at radius 3 is 2.74 bits per heavy atom. The highest BCUT2D eigenvalue weighted by Gasteiger charge is 2.22. The number of nitrogens with one attached hydrogen (secondary N) is 2. The van der Waals surface area contributed by atoms with Crippen molar-refractivity contribution in [2.45, 2.75) is 44.2 Å². The van der Waals surface area contributed by atoms with E-state index in [1.165, 1.54) is 31.2 Å². The maximum absolute atomic E-state index is 5.67. The van der Waals surface area contributed by atoms with Crippen LogP contribution in [0.25, 0.3) is 0 Å². The molecular weight excluding hydrogens is 256 g/mol. The number of fused-ring (bicyclic) bond motifs is 1. The highest BCUT2D eigenvalue weighted by molar-refractivity contribution is 7.80. The van der Waals surface area contributed by atoms with Crippen molar-refractivity contribution in [3.05, 3.63) is 29.8 Å². The van der Waals surface area contributed by atoms with Crippen LogP contribution in [-0.4, -0.2) is 17.8 Å². The van der Waals surface area contributed by atoms with E-state index < -0.39 is 0 Å². The van der Waals surface area contributed by atoms with Crippen LogP contribution >= 0.6 is 12.2 Å². The Balaban J connectivity index is 1.62. The summed E-state index contributed by atoms with van der Waals surface area (Å²) >= 11 is 5.44. The van der Waals surface area contributed by atoms with Gasteiger partial charge >= 0.3 is 0 Å². The van der Waals surface area contributed by atoms with E-state index in [9.17, 15) is 0 Å². The largest absolute Gasteiger partial charge is 0.493 e. The molecule has 19 heavy (non-hydrogen) atoms. The zero-order chi connectivity index (χ0) is 13.1. The fourth-order valence-electron chi connectivity index (χ4n) is 2.95. The number of ether oxygens (including phenoxy) is 1. The van der Waals surface area contributed by atoms with Crippen LogP contribution in [0.4, 0.5) is 0 Å². The standard InChI is InChI=1S/C15H20N2OS/c19-15(16-11-5-1-2-6-11)17-13-9-10-18-14-8-4-3-7-12(13)14/h3-4,7-8,11,13H,1-2,5-6,9-10H2,(H2,16,17,19). The molecule has 102 valence electrons. The molecule has 2 N–H and O–H groups in total. The Kier molecular flexibility index (Phi) is 3.87. The number of benzene rings is 1. The molecule has 0 bridgehead atoms. The quantitative estimate of drug-likeness (QED) is 0.814. The molecule has 1 heterocycles. The van der Waals surface area contributed by atoms with Crippen molar-refractivity contribution in [2.75, 3.05) is 6.61 Å². The zero-order valence-electron chi connectivity index (χ0n) is 11.0. The van der Waals surface area contributed by atoms with Gasteiger partial charge in [0.05, 0.1) is 12.6 Å². The lowest BCUT2D eigenvalue weighted by Crippen LogP contribution is -2.43. The fraction of sp³-hybridized carbons (Fsp3) is 0.533. The predicted molar refractivity (Wildman–Crippen MR) is 80.4 cm³/mol. The Bertz CT molecular complexity index is 457. The second-order valence-corrected chi connectivity index (χ2v) is 5.73. The summed E-state index contributed by atoms with van der Waals surface area (Å²) in [6.07, 6.45) is 6.09. The van der Waals surface area contributed by atoms with Crippen molar-refractivity contribution < 1.29 is 4.74 Å². The van der Waals surface area contributed by atoms with Crippen molar-refractivity contribution in [1.29, 1.82) is 0 Å². The molecule has 3 rings (SSSR count). The van der Waals surface area contributed by atoms with Gasteiger partial charge in [0.2, 0.25) is 0 Å². The van der Waals surface area contributed by atoms with E-state index in [4.69, 9.17) is 17.0 Å². The van der Waals surface area contributed by atoms with E-state index in [0.717, 1.165) is 23.9 Å². The zero-order valence-corrected chi connectivity index (χ0v) is 11.8. The number of hydrogen-bond donors (Lipinski definition) is 2. The lowest BCUT2D eigenvalue weighted by Gasteiger charge is -2.28. The SMILES string of the molecule is S=C(NC1CCCC1)NC1CCOc2ccccc21. The van der Waals surface area contributed by atoms with Gasteiger partial charge in [-0.15, -0.1) is 0 Å². The van der Waals surface area contributed by atoms with Gasteiger partial charge in [0.1, 0.15) is 5.75 Å². The van der Waals surface area contributed by atoms with Crippen LogP contribution in [0, 0.1) is 0 Å². The van der Waals surface area contributed by atoms with E-state index in [1.807, 2.05) is 12.1 Å². The minimum Gasteiger partial charge on any atom is -0.493 e. The summed E-state index contributed by atoms with van der Waals surface area (Å²) in [5.74, 6) is 0.981. The number of rotatable bonds is 2.